The molecular formula is C18H18N4O2S. The number of piperazine rings is 1. The zero-order chi connectivity index (χ0) is 17.7. The van der Waals surface area contributed by atoms with E-state index in [-0.39, 0.29) is 0 Å². The lowest BCUT2D eigenvalue weighted by Crippen LogP contribution is -2.48. The maximum atomic E-state index is 12.5. The van der Waals surface area contributed by atoms with Crippen LogP contribution < -0.4 is 4.90 Å². The number of pyridine rings is 1. The maximum Gasteiger partial charge on any atom is 0.236 e. The average molecular weight is 354 g/mol. The first-order valence-corrected chi connectivity index (χ1v) is 9.43. The lowest BCUT2D eigenvalue weighted by atomic mass is 10.2. The summed E-state index contributed by atoms with van der Waals surface area (Å²) in [6, 6.07) is 14.9. The van der Waals surface area contributed by atoms with Gasteiger partial charge in [0.1, 0.15) is 11.9 Å². The minimum Gasteiger partial charge on any atom is -0.354 e. The van der Waals surface area contributed by atoms with Crippen molar-refractivity contribution in [1.82, 2.24) is 9.29 Å². The molecule has 1 saturated heterocycles. The van der Waals surface area contributed by atoms with Gasteiger partial charge in [0, 0.05) is 37.8 Å². The molecule has 7 heteroatoms. The van der Waals surface area contributed by atoms with Gasteiger partial charge in [0.25, 0.3) is 0 Å². The maximum absolute atomic E-state index is 12.5. The zero-order valence-electron chi connectivity index (χ0n) is 13.6. The molecule has 1 aromatic heterocycles. The van der Waals surface area contributed by atoms with Crippen LogP contribution in [0.25, 0.3) is 6.08 Å². The van der Waals surface area contributed by atoms with Crippen LogP contribution in [-0.4, -0.2) is 43.9 Å². The molecule has 0 radical (unpaired) electrons. The van der Waals surface area contributed by atoms with Crippen molar-refractivity contribution in [2.24, 2.45) is 0 Å². The summed E-state index contributed by atoms with van der Waals surface area (Å²) in [4.78, 5) is 6.28. The Hall–Kier alpha value is -2.69. The van der Waals surface area contributed by atoms with Crippen LogP contribution in [0.15, 0.2) is 54.1 Å². The zero-order valence-corrected chi connectivity index (χ0v) is 14.4. The number of benzene rings is 1. The monoisotopic (exact) mass is 354 g/mol. The van der Waals surface area contributed by atoms with E-state index in [1.807, 2.05) is 41.3 Å². The molecule has 0 atom stereocenters. The molecule has 6 nitrogen and oxygen atoms in total. The number of nitrogens with zero attached hydrogens (tertiary/aromatic N) is 4. The third kappa shape index (κ3) is 4.24. The highest BCUT2D eigenvalue weighted by molar-refractivity contribution is 7.92. The van der Waals surface area contributed by atoms with Gasteiger partial charge in [-0.05, 0) is 23.8 Å². The Bertz CT molecular complexity index is 879. The van der Waals surface area contributed by atoms with E-state index in [1.54, 1.807) is 18.2 Å². The smallest absolute Gasteiger partial charge is 0.236 e. The van der Waals surface area contributed by atoms with Crippen LogP contribution in [0.5, 0.6) is 0 Å². The molecule has 0 unspecified atom stereocenters. The van der Waals surface area contributed by atoms with Gasteiger partial charge in [0.15, 0.2) is 0 Å². The minimum atomic E-state index is -3.44. The summed E-state index contributed by atoms with van der Waals surface area (Å²) in [7, 11) is -3.44. The number of anilines is 1. The molecule has 0 amide bonds. The highest BCUT2D eigenvalue weighted by atomic mass is 32.2. The Labute approximate surface area is 147 Å². The van der Waals surface area contributed by atoms with E-state index < -0.39 is 10.0 Å². The van der Waals surface area contributed by atoms with E-state index in [4.69, 9.17) is 5.26 Å². The van der Waals surface area contributed by atoms with E-state index in [1.165, 1.54) is 15.9 Å². The molecule has 1 aliphatic rings. The second-order valence-electron chi connectivity index (χ2n) is 5.66. The van der Waals surface area contributed by atoms with Gasteiger partial charge in [0.2, 0.25) is 10.0 Å². The molecule has 0 bridgehead atoms. The summed E-state index contributed by atoms with van der Waals surface area (Å²) in [5.41, 5.74) is 1.36. The second-order valence-corrected chi connectivity index (χ2v) is 7.48. The van der Waals surface area contributed by atoms with Crippen molar-refractivity contribution in [3.8, 4) is 6.07 Å². The lowest BCUT2D eigenvalue weighted by Gasteiger charge is -2.34. The number of rotatable bonds is 4. The van der Waals surface area contributed by atoms with Gasteiger partial charge in [-0.1, -0.05) is 30.3 Å². The van der Waals surface area contributed by atoms with Crippen molar-refractivity contribution >= 4 is 21.9 Å². The molecule has 1 aromatic carbocycles. The van der Waals surface area contributed by atoms with Crippen LogP contribution in [0.4, 0.5) is 5.82 Å². The number of nitriles is 1. The summed E-state index contributed by atoms with van der Waals surface area (Å²) in [5.74, 6) is 0.760. The summed E-state index contributed by atoms with van der Waals surface area (Å²) < 4.78 is 26.4. The molecular weight excluding hydrogens is 336 g/mol. The summed E-state index contributed by atoms with van der Waals surface area (Å²) in [5, 5.41) is 10.1. The van der Waals surface area contributed by atoms with Crippen LogP contribution in [0.3, 0.4) is 0 Å². The Kier molecular flexibility index (Phi) is 5.12. The Balaban J connectivity index is 1.63. The lowest BCUT2D eigenvalue weighted by molar-refractivity contribution is 0.389. The third-order valence-electron chi connectivity index (χ3n) is 4.03. The van der Waals surface area contributed by atoms with E-state index in [9.17, 15) is 8.42 Å². The van der Waals surface area contributed by atoms with Gasteiger partial charge in [-0.25, -0.2) is 13.4 Å². The van der Waals surface area contributed by atoms with Gasteiger partial charge in [-0.3, -0.25) is 0 Å². The number of sulfonamides is 1. The van der Waals surface area contributed by atoms with Crippen molar-refractivity contribution in [3.05, 3.63) is 65.2 Å². The van der Waals surface area contributed by atoms with Crippen molar-refractivity contribution < 1.29 is 8.42 Å². The predicted molar refractivity (Wildman–Crippen MR) is 97.1 cm³/mol. The van der Waals surface area contributed by atoms with Crippen molar-refractivity contribution in [3.63, 3.8) is 0 Å². The van der Waals surface area contributed by atoms with Crippen LogP contribution in [-0.2, 0) is 10.0 Å². The fourth-order valence-electron chi connectivity index (χ4n) is 2.63. The van der Waals surface area contributed by atoms with E-state index >= 15 is 0 Å². The molecule has 0 saturated carbocycles. The van der Waals surface area contributed by atoms with Gasteiger partial charge in [-0.2, -0.15) is 9.57 Å². The van der Waals surface area contributed by atoms with Gasteiger partial charge in [0.05, 0.1) is 5.56 Å². The molecule has 0 aliphatic carbocycles. The van der Waals surface area contributed by atoms with Crippen LogP contribution in [0.2, 0.25) is 0 Å². The topological polar surface area (TPSA) is 77.3 Å². The standard InChI is InChI=1S/C18H18N4O2S/c19-14-17-6-7-18(20-15-17)21-9-11-22(12-10-21)25(23,24)13-8-16-4-2-1-3-5-16/h1-8,13,15H,9-12H2/b13-8+. The predicted octanol–water partition coefficient (Wildman–Crippen LogP) is 2.08. The molecule has 128 valence electrons. The molecule has 1 aliphatic heterocycles. The SMILES string of the molecule is N#Cc1ccc(N2CCN(S(=O)(=O)/C=C/c3ccccc3)CC2)nc1. The van der Waals surface area contributed by atoms with E-state index in [0.717, 1.165) is 11.4 Å². The van der Waals surface area contributed by atoms with Crippen molar-refractivity contribution in [1.29, 1.82) is 5.26 Å². The Morgan fingerprint density at radius 2 is 1.76 bits per heavy atom. The highest BCUT2D eigenvalue weighted by Crippen LogP contribution is 2.16. The molecule has 0 N–H and O–H groups in total. The normalized spacial score (nSPS) is 16.0. The van der Waals surface area contributed by atoms with Crippen LogP contribution in [0, 0.1) is 11.3 Å². The second kappa shape index (κ2) is 7.47. The molecule has 25 heavy (non-hydrogen) atoms. The molecule has 2 aromatic rings. The first-order valence-electron chi connectivity index (χ1n) is 7.93. The third-order valence-corrected chi connectivity index (χ3v) is 5.60. The Morgan fingerprint density at radius 1 is 1.04 bits per heavy atom. The number of aromatic nitrogens is 1. The molecule has 1 fully saturated rings. The largest absolute Gasteiger partial charge is 0.354 e. The molecule has 3 rings (SSSR count). The summed E-state index contributed by atoms with van der Waals surface area (Å²) in [6.45, 7) is 1.95. The first kappa shape index (κ1) is 17.1. The van der Waals surface area contributed by atoms with Gasteiger partial charge < -0.3 is 4.90 Å². The van der Waals surface area contributed by atoms with Crippen molar-refractivity contribution in [2.45, 2.75) is 0 Å². The summed E-state index contributed by atoms with van der Waals surface area (Å²) in [6.07, 6.45) is 3.14. The summed E-state index contributed by atoms with van der Waals surface area (Å²) >= 11 is 0. The number of hydrogen-bond donors (Lipinski definition) is 0. The first-order chi connectivity index (χ1) is 12.1. The molecule has 2 heterocycles. The van der Waals surface area contributed by atoms with E-state index in [0.29, 0.717) is 31.7 Å². The quantitative estimate of drug-likeness (QED) is 0.840. The Morgan fingerprint density at radius 3 is 2.36 bits per heavy atom. The van der Waals surface area contributed by atoms with Gasteiger partial charge in [-0.15, -0.1) is 0 Å². The minimum absolute atomic E-state index is 0.406. The van der Waals surface area contributed by atoms with E-state index in [2.05, 4.69) is 4.98 Å². The number of hydrogen-bond acceptors (Lipinski definition) is 5. The van der Waals surface area contributed by atoms with Crippen LogP contribution in [0.1, 0.15) is 11.1 Å². The van der Waals surface area contributed by atoms with Crippen LogP contribution >= 0.6 is 0 Å². The highest BCUT2D eigenvalue weighted by Gasteiger charge is 2.25. The average Bonchev–Trinajstić information content (AvgIpc) is 2.67. The molecule has 0 spiro atoms. The fraction of sp³-hybridized carbons (Fsp3) is 0.222. The van der Waals surface area contributed by atoms with Gasteiger partial charge >= 0.3 is 0 Å². The fourth-order valence-corrected chi connectivity index (χ4v) is 3.80. The van der Waals surface area contributed by atoms with Crippen molar-refractivity contribution in [2.75, 3.05) is 31.1 Å².